The van der Waals surface area contributed by atoms with E-state index in [-0.39, 0.29) is 48.8 Å². The average molecular weight is 431 g/mol. The maximum atomic E-state index is 13.2. The summed E-state index contributed by atoms with van der Waals surface area (Å²) in [4.78, 5) is 32.9. The molecule has 162 valence electrons. The smallest absolute Gasteiger partial charge is 0.255 e. The molecule has 0 saturated carbocycles. The van der Waals surface area contributed by atoms with Crippen LogP contribution in [-0.4, -0.2) is 63.5 Å². The van der Waals surface area contributed by atoms with Crippen molar-refractivity contribution in [1.82, 2.24) is 14.8 Å². The molecule has 2 amide bonds. The van der Waals surface area contributed by atoms with Gasteiger partial charge in [-0.15, -0.1) is 0 Å². The first-order valence-electron chi connectivity index (χ1n) is 10.5. The van der Waals surface area contributed by atoms with Crippen molar-refractivity contribution in [1.29, 1.82) is 0 Å². The van der Waals surface area contributed by atoms with Crippen LogP contribution in [0.25, 0.3) is 11.1 Å². The summed E-state index contributed by atoms with van der Waals surface area (Å²) in [6.07, 6.45) is 3.10. The molecule has 2 fully saturated rings. The van der Waals surface area contributed by atoms with Crippen molar-refractivity contribution >= 4 is 11.8 Å². The summed E-state index contributed by atoms with van der Waals surface area (Å²) in [6, 6.07) is 17.1. The van der Waals surface area contributed by atoms with E-state index in [2.05, 4.69) is 4.98 Å². The lowest BCUT2D eigenvalue weighted by molar-refractivity contribution is -0.159. The van der Waals surface area contributed by atoms with Gasteiger partial charge in [0.15, 0.2) is 0 Å². The number of aliphatic hydroxyl groups is 1. The molecule has 0 bridgehead atoms. The highest BCUT2D eigenvalue weighted by Crippen LogP contribution is 2.43. The Hall–Kier alpha value is -3.58. The lowest BCUT2D eigenvalue weighted by atomic mass is 9.73. The lowest BCUT2D eigenvalue weighted by Crippen LogP contribution is -2.73. The Bertz CT molecular complexity index is 1140. The molecule has 3 aromatic rings. The molecule has 0 radical (unpaired) electrons. The highest BCUT2D eigenvalue weighted by molar-refractivity contribution is 5.97. The van der Waals surface area contributed by atoms with Gasteiger partial charge in [-0.3, -0.25) is 14.6 Å². The molecule has 0 aliphatic carbocycles. The van der Waals surface area contributed by atoms with Crippen LogP contribution in [0, 0.1) is 5.82 Å². The molecule has 0 unspecified atom stereocenters. The minimum atomic E-state index is -0.306. The first-order valence-corrected chi connectivity index (χ1v) is 10.5. The second-order valence-corrected chi connectivity index (χ2v) is 8.20. The number of nitrogens with zero attached hydrogens (tertiary/aromatic N) is 3. The van der Waals surface area contributed by atoms with Gasteiger partial charge in [0.25, 0.3) is 5.91 Å². The van der Waals surface area contributed by atoms with Gasteiger partial charge < -0.3 is 14.9 Å². The van der Waals surface area contributed by atoms with Crippen molar-refractivity contribution in [3.05, 3.63) is 90.0 Å². The fraction of sp³-hybridized carbons (Fsp3) is 0.240. The molecule has 2 saturated heterocycles. The predicted molar refractivity (Wildman–Crippen MR) is 116 cm³/mol. The van der Waals surface area contributed by atoms with E-state index >= 15 is 0 Å². The molecule has 1 aromatic heterocycles. The summed E-state index contributed by atoms with van der Waals surface area (Å²) in [5.74, 6) is -0.727. The molecule has 32 heavy (non-hydrogen) atoms. The van der Waals surface area contributed by atoms with Gasteiger partial charge in [0.1, 0.15) is 12.4 Å². The van der Waals surface area contributed by atoms with E-state index < -0.39 is 0 Å². The number of fused-ring (bicyclic) bond motifs is 1. The van der Waals surface area contributed by atoms with Crippen molar-refractivity contribution in [2.75, 3.05) is 19.7 Å². The highest BCUT2D eigenvalue weighted by atomic mass is 19.1. The van der Waals surface area contributed by atoms with E-state index in [1.807, 2.05) is 24.3 Å². The number of benzene rings is 2. The number of aliphatic hydroxyl groups excluding tert-OH is 1. The Kier molecular flexibility index (Phi) is 5.19. The fourth-order valence-electron chi connectivity index (χ4n) is 4.87. The molecule has 1 N–H and O–H groups in total. The van der Waals surface area contributed by atoms with Crippen molar-refractivity contribution < 1.29 is 19.1 Å². The second-order valence-electron chi connectivity index (χ2n) is 8.20. The first kappa shape index (κ1) is 20.3. The van der Waals surface area contributed by atoms with E-state index in [1.54, 1.807) is 40.3 Å². The number of piperazine rings is 1. The molecular weight excluding hydrogens is 409 g/mol. The quantitative estimate of drug-likeness (QED) is 0.690. The highest BCUT2D eigenvalue weighted by Gasteiger charge is 2.54. The SMILES string of the molecule is O=C(c1cccnc1)N1CC(=O)N2[C@H](CO)[C@H](c3ccc(-c4ccc(F)cc4)cc3)[C@H]2C1. The largest absolute Gasteiger partial charge is 0.394 e. The number of carbonyl (C=O) groups is 2. The molecule has 5 rings (SSSR count). The molecule has 3 heterocycles. The summed E-state index contributed by atoms with van der Waals surface area (Å²) < 4.78 is 13.2. The van der Waals surface area contributed by atoms with E-state index in [4.69, 9.17) is 0 Å². The molecule has 2 aliphatic rings. The minimum absolute atomic E-state index is 0.00302. The van der Waals surface area contributed by atoms with Gasteiger partial charge in [-0.2, -0.15) is 0 Å². The molecular formula is C25H22FN3O3. The van der Waals surface area contributed by atoms with Gasteiger partial charge >= 0.3 is 0 Å². The van der Waals surface area contributed by atoms with Crippen LogP contribution in [0.4, 0.5) is 4.39 Å². The number of pyridine rings is 1. The van der Waals surface area contributed by atoms with E-state index in [0.717, 1.165) is 16.7 Å². The average Bonchev–Trinajstić information content (AvgIpc) is 2.81. The third-order valence-corrected chi connectivity index (χ3v) is 6.42. The summed E-state index contributed by atoms with van der Waals surface area (Å²) in [6.45, 7) is 0.264. The summed E-state index contributed by atoms with van der Waals surface area (Å²) in [5, 5.41) is 9.97. The van der Waals surface area contributed by atoms with Crippen LogP contribution in [0.3, 0.4) is 0 Å². The number of carbonyl (C=O) groups excluding carboxylic acids is 2. The van der Waals surface area contributed by atoms with Crippen LogP contribution < -0.4 is 0 Å². The molecule has 7 heteroatoms. The normalized spacial score (nSPS) is 22.3. The van der Waals surface area contributed by atoms with Crippen molar-refractivity contribution in [2.45, 2.75) is 18.0 Å². The van der Waals surface area contributed by atoms with Crippen LogP contribution in [0.2, 0.25) is 0 Å². The van der Waals surface area contributed by atoms with E-state index in [1.165, 1.54) is 18.3 Å². The predicted octanol–water partition coefficient (Wildman–Crippen LogP) is 2.70. The van der Waals surface area contributed by atoms with Crippen LogP contribution in [0.5, 0.6) is 0 Å². The second kappa shape index (κ2) is 8.16. The fourth-order valence-corrected chi connectivity index (χ4v) is 4.87. The third-order valence-electron chi connectivity index (χ3n) is 6.42. The number of aromatic nitrogens is 1. The van der Waals surface area contributed by atoms with Gasteiger partial charge in [-0.25, -0.2) is 4.39 Å². The number of hydrogen-bond donors (Lipinski definition) is 1. The van der Waals surface area contributed by atoms with E-state index in [9.17, 15) is 19.1 Å². The summed E-state index contributed by atoms with van der Waals surface area (Å²) >= 11 is 0. The summed E-state index contributed by atoms with van der Waals surface area (Å²) in [7, 11) is 0. The Balaban J connectivity index is 1.38. The minimum Gasteiger partial charge on any atom is -0.394 e. The van der Waals surface area contributed by atoms with Crippen LogP contribution >= 0.6 is 0 Å². The van der Waals surface area contributed by atoms with E-state index in [0.29, 0.717) is 12.1 Å². The maximum absolute atomic E-state index is 13.2. The Labute approximate surface area is 184 Å². The third kappa shape index (κ3) is 3.44. The number of halogens is 1. The van der Waals surface area contributed by atoms with Crippen LogP contribution in [0.15, 0.2) is 73.1 Å². The van der Waals surface area contributed by atoms with Crippen LogP contribution in [-0.2, 0) is 4.79 Å². The Morgan fingerprint density at radius 2 is 1.75 bits per heavy atom. The molecule has 6 nitrogen and oxygen atoms in total. The maximum Gasteiger partial charge on any atom is 0.255 e. The van der Waals surface area contributed by atoms with Gasteiger partial charge in [0.05, 0.1) is 24.3 Å². The number of amides is 2. The van der Waals surface area contributed by atoms with Crippen molar-refractivity contribution in [2.24, 2.45) is 0 Å². The zero-order chi connectivity index (χ0) is 22.2. The lowest BCUT2D eigenvalue weighted by Gasteiger charge is -2.58. The number of hydrogen-bond acceptors (Lipinski definition) is 4. The van der Waals surface area contributed by atoms with Crippen LogP contribution in [0.1, 0.15) is 21.8 Å². The topological polar surface area (TPSA) is 73.7 Å². The Morgan fingerprint density at radius 1 is 1.06 bits per heavy atom. The standard InChI is InChI=1S/C25H22FN3O3/c26-20-9-7-17(8-10-20)16-3-5-18(6-4-16)24-21-13-28(14-23(31)29(21)22(24)15-30)25(32)19-2-1-11-27-12-19/h1-12,21-22,24,30H,13-15H2/t21-,22-,24-/m1/s1. The van der Waals surface area contributed by atoms with Gasteiger partial charge in [0.2, 0.25) is 5.91 Å². The van der Waals surface area contributed by atoms with Gasteiger partial charge in [0, 0.05) is 24.9 Å². The molecule has 2 aromatic carbocycles. The van der Waals surface area contributed by atoms with Gasteiger partial charge in [-0.05, 0) is 41.0 Å². The first-order chi connectivity index (χ1) is 15.6. The van der Waals surface area contributed by atoms with Crippen molar-refractivity contribution in [3.8, 4) is 11.1 Å². The Morgan fingerprint density at radius 3 is 2.38 bits per heavy atom. The number of rotatable bonds is 4. The van der Waals surface area contributed by atoms with Gasteiger partial charge in [-0.1, -0.05) is 36.4 Å². The molecule has 0 spiro atoms. The molecule has 3 atom stereocenters. The zero-order valence-corrected chi connectivity index (χ0v) is 17.3. The summed E-state index contributed by atoms with van der Waals surface area (Å²) in [5.41, 5.74) is 3.32. The van der Waals surface area contributed by atoms with Crippen molar-refractivity contribution in [3.63, 3.8) is 0 Å². The monoisotopic (exact) mass is 431 g/mol. The zero-order valence-electron chi connectivity index (χ0n) is 17.3. The molecule has 2 aliphatic heterocycles.